The van der Waals surface area contributed by atoms with Gasteiger partial charge in [0.2, 0.25) is 5.88 Å². The van der Waals surface area contributed by atoms with Crippen LogP contribution in [0.15, 0.2) is 72.8 Å². The molecule has 4 rings (SSSR count). The molecule has 0 aliphatic carbocycles. The minimum absolute atomic E-state index is 0.290. The maximum atomic E-state index is 5.80. The largest absolute Gasteiger partial charge is 0.464 e. The molecule has 0 aliphatic rings. The number of pyridine rings is 1. The molecule has 2 aromatic carbocycles. The number of rotatable bonds is 5. The van der Waals surface area contributed by atoms with Crippen molar-refractivity contribution in [3.8, 4) is 29.2 Å². The molecule has 0 saturated heterocycles. The second-order valence-corrected chi connectivity index (χ2v) is 6.26. The highest BCUT2D eigenvalue weighted by molar-refractivity contribution is 5.84. The first-order chi connectivity index (χ1) is 13.8. The van der Waals surface area contributed by atoms with Gasteiger partial charge in [0.25, 0.3) is 0 Å². The summed E-state index contributed by atoms with van der Waals surface area (Å²) in [5, 5.41) is 0.865. The van der Waals surface area contributed by atoms with Crippen LogP contribution in [-0.4, -0.2) is 21.6 Å². The molecular weight excluding hydrogens is 346 g/mol. The average Bonchev–Trinajstić information content (AvgIpc) is 2.75. The third-order valence-corrected chi connectivity index (χ3v) is 4.29. The number of hydrogen-bond acceptors (Lipinski definition) is 4. The average molecular weight is 365 g/mol. The second kappa shape index (κ2) is 8.32. The number of aromatic nitrogens is 3. The molecule has 0 fully saturated rings. The molecule has 0 spiro atoms. The second-order valence-electron chi connectivity index (χ2n) is 6.26. The highest BCUT2D eigenvalue weighted by Gasteiger charge is 2.12. The van der Waals surface area contributed by atoms with Gasteiger partial charge < -0.3 is 4.74 Å². The number of hydrogen-bond donors (Lipinski definition) is 0. The molecule has 0 radical (unpaired) electrons. The van der Waals surface area contributed by atoms with Crippen LogP contribution in [0.25, 0.3) is 22.4 Å². The summed E-state index contributed by atoms with van der Waals surface area (Å²) >= 11 is 0. The zero-order chi connectivity index (χ0) is 19.2. The van der Waals surface area contributed by atoms with E-state index >= 15 is 0 Å². The summed E-state index contributed by atoms with van der Waals surface area (Å²) in [6, 6.07) is 24.0. The summed E-state index contributed by atoms with van der Waals surface area (Å²) in [6.07, 6.45) is 0.762. The lowest BCUT2D eigenvalue weighted by Crippen LogP contribution is -2.02. The van der Waals surface area contributed by atoms with Crippen molar-refractivity contribution in [2.45, 2.75) is 13.3 Å². The highest BCUT2D eigenvalue weighted by Crippen LogP contribution is 2.26. The van der Waals surface area contributed by atoms with Crippen LogP contribution in [0, 0.1) is 11.8 Å². The topological polar surface area (TPSA) is 47.9 Å². The van der Waals surface area contributed by atoms with Crippen molar-refractivity contribution >= 4 is 10.9 Å². The van der Waals surface area contributed by atoms with Gasteiger partial charge in [-0.25, -0.2) is 9.97 Å². The predicted octanol–water partition coefficient (Wildman–Crippen LogP) is 4.68. The van der Waals surface area contributed by atoms with Crippen LogP contribution in [-0.2, 0) is 6.42 Å². The Hall–Kier alpha value is -3.71. The lowest BCUT2D eigenvalue weighted by Gasteiger charge is -2.09. The number of benzene rings is 2. The van der Waals surface area contributed by atoms with Gasteiger partial charge in [-0.15, -0.1) is 5.92 Å². The van der Waals surface area contributed by atoms with E-state index < -0.39 is 0 Å². The van der Waals surface area contributed by atoms with Crippen LogP contribution < -0.4 is 4.74 Å². The molecule has 4 heteroatoms. The minimum Gasteiger partial charge on any atom is -0.464 e. The predicted molar refractivity (Wildman–Crippen MR) is 111 cm³/mol. The molecular formula is C24H19N3O. The number of fused-ring (bicyclic) bond motifs is 1. The van der Waals surface area contributed by atoms with E-state index in [1.165, 1.54) is 5.56 Å². The molecule has 2 aromatic heterocycles. The van der Waals surface area contributed by atoms with Crippen molar-refractivity contribution in [2.75, 3.05) is 6.61 Å². The smallest absolute Gasteiger partial charge is 0.226 e. The fourth-order valence-electron chi connectivity index (χ4n) is 2.96. The first-order valence-electron chi connectivity index (χ1n) is 9.13. The highest BCUT2D eigenvalue weighted by atomic mass is 16.5. The number of nitrogens with zero attached hydrogens (tertiary/aromatic N) is 3. The van der Waals surface area contributed by atoms with Gasteiger partial charge in [0, 0.05) is 12.1 Å². The third-order valence-electron chi connectivity index (χ3n) is 4.29. The van der Waals surface area contributed by atoms with Crippen LogP contribution in [0.5, 0.6) is 5.88 Å². The van der Waals surface area contributed by atoms with Crippen molar-refractivity contribution in [1.29, 1.82) is 0 Å². The zero-order valence-electron chi connectivity index (χ0n) is 15.6. The fourth-order valence-corrected chi connectivity index (χ4v) is 2.96. The molecule has 2 heterocycles. The van der Waals surface area contributed by atoms with Crippen molar-refractivity contribution in [1.82, 2.24) is 15.0 Å². The van der Waals surface area contributed by atoms with Gasteiger partial charge in [-0.3, -0.25) is 0 Å². The molecule has 0 unspecified atom stereocenters. The van der Waals surface area contributed by atoms with Crippen molar-refractivity contribution in [3.05, 3.63) is 84.1 Å². The summed E-state index contributed by atoms with van der Waals surface area (Å²) in [5.74, 6) is 6.82. The first kappa shape index (κ1) is 17.7. The van der Waals surface area contributed by atoms with E-state index in [4.69, 9.17) is 14.7 Å². The summed E-state index contributed by atoms with van der Waals surface area (Å²) < 4.78 is 5.80. The van der Waals surface area contributed by atoms with Crippen LogP contribution in [0.2, 0.25) is 0 Å². The Kier molecular flexibility index (Phi) is 5.26. The summed E-state index contributed by atoms with van der Waals surface area (Å²) in [4.78, 5) is 14.1. The van der Waals surface area contributed by atoms with Gasteiger partial charge in [0.1, 0.15) is 5.69 Å². The Balaban J connectivity index is 1.72. The van der Waals surface area contributed by atoms with Crippen LogP contribution >= 0.6 is 0 Å². The summed E-state index contributed by atoms with van der Waals surface area (Å²) in [7, 11) is 0. The van der Waals surface area contributed by atoms with Gasteiger partial charge in [0.05, 0.1) is 10.9 Å². The normalized spacial score (nSPS) is 10.3. The third kappa shape index (κ3) is 3.99. The zero-order valence-corrected chi connectivity index (χ0v) is 15.6. The lowest BCUT2D eigenvalue weighted by atomic mass is 10.1. The Labute approximate surface area is 164 Å². The van der Waals surface area contributed by atoms with Gasteiger partial charge in [-0.05, 0) is 36.8 Å². The molecule has 0 aliphatic heterocycles. The molecule has 4 nitrogen and oxygen atoms in total. The fraction of sp³-hybridized carbons (Fsp3) is 0.125. The van der Waals surface area contributed by atoms with E-state index in [-0.39, 0.29) is 0 Å². The van der Waals surface area contributed by atoms with E-state index in [0.717, 1.165) is 28.7 Å². The van der Waals surface area contributed by atoms with E-state index in [0.29, 0.717) is 18.3 Å². The quantitative estimate of drug-likeness (QED) is 0.482. The van der Waals surface area contributed by atoms with Crippen molar-refractivity contribution < 1.29 is 4.74 Å². The van der Waals surface area contributed by atoms with Crippen LogP contribution in [0.4, 0.5) is 0 Å². The number of para-hydroxylation sites is 1. The molecule has 0 saturated carbocycles. The molecule has 0 amide bonds. The molecule has 4 aromatic rings. The van der Waals surface area contributed by atoms with Gasteiger partial charge in [-0.1, -0.05) is 54.5 Å². The van der Waals surface area contributed by atoms with Gasteiger partial charge >= 0.3 is 0 Å². The maximum Gasteiger partial charge on any atom is 0.226 e. The molecule has 0 N–H and O–H groups in total. The summed E-state index contributed by atoms with van der Waals surface area (Å²) in [5.41, 5.74) is 3.74. The van der Waals surface area contributed by atoms with E-state index in [1.54, 1.807) is 6.92 Å². The Morgan fingerprint density at radius 3 is 2.50 bits per heavy atom. The van der Waals surface area contributed by atoms with Crippen LogP contribution in [0.1, 0.15) is 18.2 Å². The Bertz CT molecular complexity index is 1160. The minimum atomic E-state index is 0.290. The van der Waals surface area contributed by atoms with E-state index in [9.17, 15) is 0 Å². The molecule has 0 bridgehead atoms. The maximum absolute atomic E-state index is 5.80. The SMILES string of the molecule is CC#CCOc1nc(-c2cccc(Cc3ccccc3)n2)nc2ccccc12. The van der Waals surface area contributed by atoms with Gasteiger partial charge in [0.15, 0.2) is 12.4 Å². The van der Waals surface area contributed by atoms with Crippen molar-refractivity contribution in [3.63, 3.8) is 0 Å². The van der Waals surface area contributed by atoms with Gasteiger partial charge in [-0.2, -0.15) is 4.98 Å². The lowest BCUT2D eigenvalue weighted by molar-refractivity contribution is 0.360. The van der Waals surface area contributed by atoms with Crippen molar-refractivity contribution in [2.24, 2.45) is 0 Å². The Morgan fingerprint density at radius 1 is 0.821 bits per heavy atom. The Morgan fingerprint density at radius 2 is 1.64 bits per heavy atom. The number of ether oxygens (including phenoxy) is 1. The monoisotopic (exact) mass is 365 g/mol. The van der Waals surface area contributed by atoms with E-state index in [1.807, 2.05) is 60.7 Å². The van der Waals surface area contributed by atoms with Crippen LogP contribution in [0.3, 0.4) is 0 Å². The standard InChI is InChI=1S/C24H19N3O/c1-2-3-16-28-24-20-13-7-8-14-21(20)26-23(27-24)22-15-9-12-19(25-22)17-18-10-5-4-6-11-18/h4-15H,16-17H2,1H3. The summed E-state index contributed by atoms with van der Waals surface area (Å²) in [6.45, 7) is 2.08. The molecule has 136 valence electrons. The molecule has 28 heavy (non-hydrogen) atoms. The van der Waals surface area contributed by atoms with E-state index in [2.05, 4.69) is 29.0 Å². The molecule has 0 atom stereocenters. The first-order valence-corrected chi connectivity index (χ1v) is 9.13.